The third-order valence-corrected chi connectivity index (χ3v) is 1.61. The van der Waals surface area contributed by atoms with Crippen molar-refractivity contribution < 1.29 is 0 Å². The predicted molar refractivity (Wildman–Crippen MR) is 43.0 cm³/mol. The maximum atomic E-state index is 5.84. The molecule has 0 bridgehead atoms. The summed E-state index contributed by atoms with van der Waals surface area (Å²) in [7, 11) is 0. The minimum Gasteiger partial charge on any atom is -0.236 e. The van der Waals surface area contributed by atoms with Gasteiger partial charge in [-0.3, -0.25) is 0 Å². The van der Waals surface area contributed by atoms with E-state index in [9.17, 15) is 0 Å². The van der Waals surface area contributed by atoms with Crippen molar-refractivity contribution in [2.75, 3.05) is 0 Å². The first-order valence-electron chi connectivity index (χ1n) is 3.26. The summed E-state index contributed by atoms with van der Waals surface area (Å²) in [6.07, 6.45) is 5.62. The zero-order valence-corrected chi connectivity index (χ0v) is 6.73. The first-order valence-corrected chi connectivity index (χ1v) is 3.64. The minimum atomic E-state index is 0.527. The third kappa shape index (κ3) is 1.16. The van der Waals surface area contributed by atoms with Gasteiger partial charge in [0, 0.05) is 6.20 Å². The highest BCUT2D eigenvalue weighted by molar-refractivity contribution is 6.32. The molecule has 0 amide bonds. The fourth-order valence-corrected chi connectivity index (χ4v) is 1.02. The van der Waals surface area contributed by atoms with Crippen LogP contribution in [0.25, 0.3) is 5.82 Å². The van der Waals surface area contributed by atoms with Crippen LogP contribution in [-0.4, -0.2) is 19.7 Å². The monoisotopic (exact) mass is 179 g/mol. The zero-order valence-electron chi connectivity index (χ0n) is 5.98. The molecule has 5 heteroatoms. The van der Waals surface area contributed by atoms with E-state index in [-0.39, 0.29) is 0 Å². The Morgan fingerprint density at radius 2 is 2.42 bits per heavy atom. The molecule has 0 aliphatic rings. The summed E-state index contributed by atoms with van der Waals surface area (Å²) >= 11 is 5.84. The maximum absolute atomic E-state index is 5.84. The van der Waals surface area contributed by atoms with Gasteiger partial charge < -0.3 is 0 Å². The molecular formula is C7H4ClN4. The Morgan fingerprint density at radius 1 is 1.50 bits per heavy atom. The first kappa shape index (κ1) is 7.24. The number of nitrogens with zero attached hydrogens (tertiary/aromatic N) is 4. The summed E-state index contributed by atoms with van der Waals surface area (Å²) in [4.78, 5) is 7.69. The molecule has 2 heterocycles. The molecule has 2 aromatic rings. The van der Waals surface area contributed by atoms with Crippen LogP contribution in [0.2, 0.25) is 5.02 Å². The number of rotatable bonds is 1. The van der Waals surface area contributed by atoms with Gasteiger partial charge in [0.25, 0.3) is 0 Å². The summed E-state index contributed by atoms with van der Waals surface area (Å²) in [6, 6.07) is 3.49. The molecule has 12 heavy (non-hydrogen) atoms. The molecule has 1 radical (unpaired) electrons. The van der Waals surface area contributed by atoms with E-state index in [2.05, 4.69) is 21.4 Å². The molecule has 0 aromatic carbocycles. The molecular weight excluding hydrogens is 176 g/mol. The van der Waals surface area contributed by atoms with Crippen LogP contribution in [0, 0.1) is 6.33 Å². The lowest BCUT2D eigenvalue weighted by atomic mass is 10.5. The second kappa shape index (κ2) is 2.91. The lowest BCUT2D eigenvalue weighted by Crippen LogP contribution is -1.98. The van der Waals surface area contributed by atoms with Crippen LogP contribution in [-0.2, 0) is 0 Å². The summed E-state index contributed by atoms with van der Waals surface area (Å²) in [6.45, 7) is 0. The van der Waals surface area contributed by atoms with Gasteiger partial charge in [-0.25, -0.2) is 9.97 Å². The SMILES string of the molecule is Clc1cccnc1-n1[c]ncn1. The fraction of sp³-hybridized carbons (Fsp3) is 0. The van der Waals surface area contributed by atoms with Crippen LogP contribution in [0.4, 0.5) is 0 Å². The predicted octanol–water partition coefficient (Wildman–Crippen LogP) is 1.12. The smallest absolute Gasteiger partial charge is 0.202 e. The zero-order chi connectivity index (χ0) is 8.39. The molecule has 2 rings (SSSR count). The molecule has 0 N–H and O–H groups in total. The van der Waals surface area contributed by atoms with Crippen molar-refractivity contribution in [3.05, 3.63) is 36.0 Å². The van der Waals surface area contributed by atoms with Crippen molar-refractivity contribution in [3.8, 4) is 5.82 Å². The highest BCUT2D eigenvalue weighted by Gasteiger charge is 2.02. The first-order chi connectivity index (χ1) is 5.88. The van der Waals surface area contributed by atoms with Crippen LogP contribution < -0.4 is 0 Å². The number of aromatic nitrogens is 4. The molecule has 0 aliphatic heterocycles. The number of pyridine rings is 1. The van der Waals surface area contributed by atoms with Crippen LogP contribution in [0.1, 0.15) is 0 Å². The van der Waals surface area contributed by atoms with Gasteiger partial charge in [-0.2, -0.15) is 9.78 Å². The second-order valence-electron chi connectivity index (χ2n) is 2.08. The number of hydrogen-bond donors (Lipinski definition) is 0. The van der Waals surface area contributed by atoms with E-state index < -0.39 is 0 Å². The topological polar surface area (TPSA) is 43.6 Å². The third-order valence-electron chi connectivity index (χ3n) is 1.32. The van der Waals surface area contributed by atoms with E-state index in [4.69, 9.17) is 11.6 Å². The molecule has 0 fully saturated rings. The largest absolute Gasteiger partial charge is 0.236 e. The lowest BCUT2D eigenvalue weighted by molar-refractivity contribution is 0.839. The fourth-order valence-electron chi connectivity index (χ4n) is 0.819. The van der Waals surface area contributed by atoms with Gasteiger partial charge in [0.1, 0.15) is 6.33 Å². The molecule has 59 valence electrons. The Bertz CT molecular complexity index is 371. The quantitative estimate of drug-likeness (QED) is 0.659. The summed E-state index contributed by atoms with van der Waals surface area (Å²) in [5, 5.41) is 4.38. The Hall–Kier alpha value is -1.42. The van der Waals surface area contributed by atoms with Crippen LogP contribution in [0.5, 0.6) is 0 Å². The Kier molecular flexibility index (Phi) is 1.75. The molecule has 4 nitrogen and oxygen atoms in total. The van der Waals surface area contributed by atoms with E-state index in [1.54, 1.807) is 18.3 Å². The molecule has 0 saturated heterocycles. The van der Waals surface area contributed by atoms with Crippen molar-refractivity contribution >= 4 is 11.6 Å². The summed E-state index contributed by atoms with van der Waals surface area (Å²) < 4.78 is 1.39. The van der Waals surface area contributed by atoms with Gasteiger partial charge in [-0.05, 0) is 12.1 Å². The minimum absolute atomic E-state index is 0.527. The second-order valence-corrected chi connectivity index (χ2v) is 2.49. The van der Waals surface area contributed by atoms with E-state index in [0.29, 0.717) is 10.8 Å². The van der Waals surface area contributed by atoms with Crippen molar-refractivity contribution in [2.45, 2.75) is 0 Å². The van der Waals surface area contributed by atoms with Gasteiger partial charge >= 0.3 is 0 Å². The van der Waals surface area contributed by atoms with Crippen LogP contribution >= 0.6 is 11.6 Å². The molecule has 0 aliphatic carbocycles. The van der Waals surface area contributed by atoms with E-state index in [0.717, 1.165) is 0 Å². The van der Waals surface area contributed by atoms with Crippen molar-refractivity contribution in [3.63, 3.8) is 0 Å². The Labute approximate surface area is 73.8 Å². The molecule has 0 saturated carbocycles. The van der Waals surface area contributed by atoms with E-state index in [1.165, 1.54) is 11.0 Å². The van der Waals surface area contributed by atoms with Crippen LogP contribution in [0.3, 0.4) is 0 Å². The van der Waals surface area contributed by atoms with Gasteiger partial charge in [-0.1, -0.05) is 11.6 Å². The standard InChI is InChI=1S/C7H4ClN4/c8-6-2-1-3-10-7(6)12-5-9-4-11-12/h1-4H. The summed E-state index contributed by atoms with van der Waals surface area (Å²) in [5.74, 6) is 0.539. The van der Waals surface area contributed by atoms with Gasteiger partial charge in [0.15, 0.2) is 5.82 Å². The van der Waals surface area contributed by atoms with Crippen molar-refractivity contribution in [1.29, 1.82) is 0 Å². The van der Waals surface area contributed by atoms with Gasteiger partial charge in [0.05, 0.1) is 5.02 Å². The van der Waals surface area contributed by atoms with E-state index in [1.807, 2.05) is 0 Å². The normalized spacial score (nSPS) is 10.1. The summed E-state index contributed by atoms with van der Waals surface area (Å²) in [5.41, 5.74) is 0. The van der Waals surface area contributed by atoms with E-state index >= 15 is 0 Å². The molecule has 0 unspecified atom stereocenters. The Morgan fingerprint density at radius 3 is 3.08 bits per heavy atom. The molecule has 2 aromatic heterocycles. The van der Waals surface area contributed by atoms with Crippen molar-refractivity contribution in [2.24, 2.45) is 0 Å². The van der Waals surface area contributed by atoms with Crippen LogP contribution in [0.15, 0.2) is 24.7 Å². The maximum Gasteiger partial charge on any atom is 0.202 e. The number of hydrogen-bond acceptors (Lipinski definition) is 3. The highest BCUT2D eigenvalue weighted by Crippen LogP contribution is 2.14. The Balaban J connectivity index is 2.55. The molecule has 0 atom stereocenters. The van der Waals surface area contributed by atoms with Crippen molar-refractivity contribution in [1.82, 2.24) is 19.7 Å². The highest BCUT2D eigenvalue weighted by atomic mass is 35.5. The average molecular weight is 180 g/mol. The lowest BCUT2D eigenvalue weighted by Gasteiger charge is -1.98. The average Bonchev–Trinajstić information content (AvgIpc) is 2.57. The number of halogens is 1. The molecule has 0 spiro atoms. The van der Waals surface area contributed by atoms with Gasteiger partial charge in [-0.15, -0.1) is 0 Å². The van der Waals surface area contributed by atoms with Gasteiger partial charge in [0.2, 0.25) is 6.33 Å².